The molecule has 1 atom stereocenters. The second kappa shape index (κ2) is 3.82. The van der Waals surface area contributed by atoms with Crippen molar-refractivity contribution in [3.05, 3.63) is 34.3 Å². The lowest BCUT2D eigenvalue weighted by atomic mass is 9.99. The molecule has 1 aromatic heterocycles. The van der Waals surface area contributed by atoms with Crippen molar-refractivity contribution in [2.75, 3.05) is 6.54 Å². The van der Waals surface area contributed by atoms with Gasteiger partial charge in [-0.25, -0.2) is 4.79 Å². The summed E-state index contributed by atoms with van der Waals surface area (Å²) in [4.78, 5) is 24.3. The largest absolute Gasteiger partial charge is 0.481 e. The Kier molecular flexibility index (Phi) is 2.49. The van der Waals surface area contributed by atoms with E-state index < -0.39 is 17.6 Å². The number of rotatable bonds is 3. The molecule has 2 aromatic rings. The number of nitrogens with one attached hydrogen (secondary N) is 1. The molecule has 0 radical (unpaired) electrons. The Morgan fingerprint density at radius 3 is 2.94 bits per heavy atom. The van der Waals surface area contributed by atoms with E-state index in [1.165, 1.54) is 0 Å². The van der Waals surface area contributed by atoms with Gasteiger partial charge in [0.25, 0.3) is 0 Å². The topological polar surface area (TPSA) is 109 Å². The van der Waals surface area contributed by atoms with E-state index in [0.717, 1.165) is 0 Å². The van der Waals surface area contributed by atoms with Crippen LogP contribution in [-0.4, -0.2) is 22.6 Å². The first-order chi connectivity index (χ1) is 7.61. The Bertz CT molecular complexity index is 584. The van der Waals surface area contributed by atoms with E-state index in [9.17, 15) is 9.59 Å². The fourth-order valence-electron chi connectivity index (χ4n) is 1.57. The van der Waals surface area contributed by atoms with Gasteiger partial charge in [0, 0.05) is 6.54 Å². The number of carboxylic acid groups (broad SMARTS) is 1. The van der Waals surface area contributed by atoms with Crippen LogP contribution in [0.3, 0.4) is 0 Å². The van der Waals surface area contributed by atoms with Crippen molar-refractivity contribution in [2.45, 2.75) is 5.92 Å². The lowest BCUT2D eigenvalue weighted by Gasteiger charge is -2.09. The molecular weight excluding hydrogens is 212 g/mol. The highest BCUT2D eigenvalue weighted by Crippen LogP contribution is 2.19. The first-order valence-corrected chi connectivity index (χ1v) is 4.67. The first-order valence-electron chi connectivity index (χ1n) is 4.67. The van der Waals surface area contributed by atoms with Gasteiger partial charge in [-0.15, -0.1) is 0 Å². The summed E-state index contributed by atoms with van der Waals surface area (Å²) in [5.41, 5.74) is 6.79. The maximum absolute atomic E-state index is 10.9. The van der Waals surface area contributed by atoms with Crippen LogP contribution in [0.2, 0.25) is 0 Å². The molecule has 0 aliphatic heterocycles. The van der Waals surface area contributed by atoms with Crippen LogP contribution in [0.5, 0.6) is 0 Å². The molecule has 0 saturated heterocycles. The van der Waals surface area contributed by atoms with Crippen LogP contribution in [0.4, 0.5) is 0 Å². The molecule has 0 aliphatic carbocycles. The quantitative estimate of drug-likeness (QED) is 0.689. The Hall–Kier alpha value is -2.08. The van der Waals surface area contributed by atoms with Gasteiger partial charge in [0.15, 0.2) is 5.58 Å². The molecule has 6 nitrogen and oxygen atoms in total. The normalized spacial score (nSPS) is 12.8. The molecule has 16 heavy (non-hydrogen) atoms. The molecule has 0 bridgehead atoms. The van der Waals surface area contributed by atoms with Crippen LogP contribution in [0.1, 0.15) is 11.5 Å². The molecule has 0 amide bonds. The van der Waals surface area contributed by atoms with Gasteiger partial charge in [0.2, 0.25) is 0 Å². The molecule has 0 aliphatic rings. The number of aromatic amines is 1. The summed E-state index contributed by atoms with van der Waals surface area (Å²) >= 11 is 0. The zero-order valence-electron chi connectivity index (χ0n) is 8.27. The second-order valence-electron chi connectivity index (χ2n) is 3.40. The van der Waals surface area contributed by atoms with Crippen LogP contribution in [-0.2, 0) is 4.79 Å². The molecular formula is C10H10N2O4. The van der Waals surface area contributed by atoms with E-state index in [-0.39, 0.29) is 6.54 Å². The van der Waals surface area contributed by atoms with Crippen molar-refractivity contribution in [2.24, 2.45) is 5.73 Å². The average Bonchev–Trinajstić information content (AvgIpc) is 2.57. The zero-order valence-corrected chi connectivity index (χ0v) is 8.27. The smallest absolute Gasteiger partial charge is 0.417 e. The van der Waals surface area contributed by atoms with Crippen molar-refractivity contribution in [3.63, 3.8) is 0 Å². The molecule has 0 spiro atoms. The molecule has 4 N–H and O–H groups in total. The third-order valence-corrected chi connectivity index (χ3v) is 2.38. The standard InChI is InChI=1S/C10H10N2O4/c11-4-6(9(13)14)5-1-2-8-7(3-5)12-10(15)16-8/h1-3,6H,4,11H2,(H,12,15)(H,13,14). The molecule has 1 heterocycles. The highest BCUT2D eigenvalue weighted by molar-refractivity contribution is 5.80. The van der Waals surface area contributed by atoms with Gasteiger partial charge in [-0.05, 0) is 17.7 Å². The van der Waals surface area contributed by atoms with Gasteiger partial charge < -0.3 is 15.3 Å². The zero-order chi connectivity index (χ0) is 11.7. The number of hydrogen-bond donors (Lipinski definition) is 3. The Morgan fingerprint density at radius 1 is 1.56 bits per heavy atom. The van der Waals surface area contributed by atoms with Crippen molar-refractivity contribution in [3.8, 4) is 0 Å². The van der Waals surface area contributed by atoms with Crippen molar-refractivity contribution >= 4 is 17.1 Å². The number of aromatic nitrogens is 1. The number of benzene rings is 1. The Labute approximate surface area is 89.7 Å². The van der Waals surface area contributed by atoms with Crippen molar-refractivity contribution in [1.82, 2.24) is 4.98 Å². The Morgan fingerprint density at radius 2 is 2.31 bits per heavy atom. The van der Waals surface area contributed by atoms with Crippen LogP contribution in [0.25, 0.3) is 11.1 Å². The van der Waals surface area contributed by atoms with Crippen molar-refractivity contribution in [1.29, 1.82) is 0 Å². The molecule has 1 aromatic carbocycles. The number of nitrogens with two attached hydrogens (primary N) is 1. The summed E-state index contributed by atoms with van der Waals surface area (Å²) in [6.07, 6.45) is 0. The second-order valence-corrected chi connectivity index (χ2v) is 3.40. The molecule has 0 saturated carbocycles. The van der Waals surface area contributed by atoms with Crippen LogP contribution >= 0.6 is 0 Å². The molecule has 2 rings (SSSR count). The lowest BCUT2D eigenvalue weighted by Crippen LogP contribution is -2.20. The van der Waals surface area contributed by atoms with E-state index in [1.54, 1.807) is 18.2 Å². The minimum absolute atomic E-state index is 0.00290. The third-order valence-electron chi connectivity index (χ3n) is 2.38. The summed E-state index contributed by atoms with van der Waals surface area (Å²) in [5.74, 6) is -2.33. The fraction of sp³-hybridized carbons (Fsp3) is 0.200. The van der Waals surface area contributed by atoms with E-state index in [1.807, 2.05) is 0 Å². The average molecular weight is 222 g/mol. The maximum Gasteiger partial charge on any atom is 0.417 e. The predicted molar refractivity (Wildman–Crippen MR) is 56.3 cm³/mol. The number of carboxylic acids is 1. The van der Waals surface area contributed by atoms with E-state index >= 15 is 0 Å². The number of hydrogen-bond acceptors (Lipinski definition) is 4. The van der Waals surface area contributed by atoms with Gasteiger partial charge >= 0.3 is 11.7 Å². The number of carbonyl (C=O) groups is 1. The van der Waals surface area contributed by atoms with Gasteiger partial charge in [-0.3, -0.25) is 9.78 Å². The fourth-order valence-corrected chi connectivity index (χ4v) is 1.57. The maximum atomic E-state index is 10.9. The van der Waals surface area contributed by atoms with Crippen molar-refractivity contribution < 1.29 is 14.3 Å². The third kappa shape index (κ3) is 1.70. The van der Waals surface area contributed by atoms with Gasteiger partial charge in [0.1, 0.15) is 0 Å². The summed E-state index contributed by atoms with van der Waals surface area (Å²) < 4.78 is 4.81. The SMILES string of the molecule is NCC(C(=O)O)c1ccc2oc(=O)[nH]c2c1. The highest BCUT2D eigenvalue weighted by atomic mass is 16.4. The number of aliphatic carboxylic acids is 1. The molecule has 0 fully saturated rings. The molecule has 84 valence electrons. The summed E-state index contributed by atoms with van der Waals surface area (Å²) in [5, 5.41) is 8.93. The Balaban J connectivity index is 2.53. The number of fused-ring (bicyclic) bond motifs is 1. The molecule has 6 heteroatoms. The summed E-state index contributed by atoms with van der Waals surface area (Å²) in [6.45, 7) is 0.00290. The summed E-state index contributed by atoms with van der Waals surface area (Å²) in [7, 11) is 0. The molecule has 1 unspecified atom stereocenters. The van der Waals surface area contributed by atoms with E-state index in [4.69, 9.17) is 15.3 Å². The van der Waals surface area contributed by atoms with E-state index in [2.05, 4.69) is 4.98 Å². The van der Waals surface area contributed by atoms with Gasteiger partial charge in [-0.1, -0.05) is 6.07 Å². The first kappa shape index (κ1) is 10.4. The minimum atomic E-state index is -0.993. The monoisotopic (exact) mass is 222 g/mol. The van der Waals surface area contributed by atoms with Crippen LogP contribution in [0.15, 0.2) is 27.4 Å². The predicted octanol–water partition coefficient (Wildman–Crippen LogP) is 0.248. The van der Waals surface area contributed by atoms with Gasteiger partial charge in [0.05, 0.1) is 11.4 Å². The van der Waals surface area contributed by atoms with Gasteiger partial charge in [-0.2, -0.15) is 0 Å². The summed E-state index contributed by atoms with van der Waals surface area (Å²) in [6, 6.07) is 4.70. The number of H-pyrrole nitrogens is 1. The van der Waals surface area contributed by atoms with Crippen LogP contribution in [0, 0.1) is 0 Å². The van der Waals surface area contributed by atoms with Crippen LogP contribution < -0.4 is 11.5 Å². The number of oxazole rings is 1. The highest BCUT2D eigenvalue weighted by Gasteiger charge is 2.18. The van der Waals surface area contributed by atoms with E-state index in [0.29, 0.717) is 16.7 Å². The lowest BCUT2D eigenvalue weighted by molar-refractivity contribution is -0.138. The minimum Gasteiger partial charge on any atom is -0.481 e.